The molecule has 3 N–H and O–H groups in total. The van der Waals surface area contributed by atoms with Gasteiger partial charge in [-0.05, 0) is 211 Å². The average molecular weight is 1280 g/mol. The molecule has 3 saturated carbocycles. The zero-order valence-corrected chi connectivity index (χ0v) is 56.4. The quantitative estimate of drug-likeness (QED) is 0.149. The van der Waals surface area contributed by atoms with Crippen molar-refractivity contribution in [3.63, 3.8) is 0 Å². The Bertz CT molecular complexity index is 4470. The summed E-state index contributed by atoms with van der Waals surface area (Å²) in [6, 6.07) is 26.3. The van der Waals surface area contributed by atoms with E-state index in [1.165, 1.54) is 60.2 Å². The number of hydrogen-bond acceptors (Lipinski definition) is 12. The molecule has 6 aromatic rings. The molecule has 3 aromatic heterocycles. The van der Waals surface area contributed by atoms with Gasteiger partial charge in [0.2, 0.25) is 0 Å². The molecule has 3 aliphatic heterocycles. The first-order valence-electron chi connectivity index (χ1n) is 35.6. The van der Waals surface area contributed by atoms with E-state index in [1.807, 2.05) is 44.2 Å². The van der Waals surface area contributed by atoms with E-state index in [2.05, 4.69) is 188 Å². The van der Waals surface area contributed by atoms with Gasteiger partial charge in [-0.15, -0.1) is 0 Å². The van der Waals surface area contributed by atoms with Crippen molar-refractivity contribution in [3.05, 3.63) is 232 Å². The van der Waals surface area contributed by atoms with Crippen LogP contribution >= 0.6 is 0 Å². The van der Waals surface area contributed by atoms with Crippen molar-refractivity contribution in [2.45, 2.75) is 134 Å². The van der Waals surface area contributed by atoms with E-state index in [-0.39, 0.29) is 57.8 Å². The summed E-state index contributed by atoms with van der Waals surface area (Å²) in [5, 5.41) is 10.8. The molecule has 0 radical (unpaired) electrons. The Morgan fingerprint density at radius 3 is 1.20 bits per heavy atom. The number of ether oxygens (including phenoxy) is 3. The van der Waals surface area contributed by atoms with Crippen LogP contribution in [0.2, 0.25) is 0 Å². The number of aromatic nitrogens is 3. The Kier molecular flexibility index (Phi) is 16.1. The summed E-state index contributed by atoms with van der Waals surface area (Å²) in [4.78, 5) is 53.5. The maximum Gasteiger partial charge on any atom is 0.166 e. The van der Waals surface area contributed by atoms with Crippen molar-refractivity contribution in [2.24, 2.45) is 57.5 Å². The minimum atomic E-state index is 0.0174. The van der Waals surface area contributed by atoms with E-state index < -0.39 is 0 Å². The fourth-order valence-corrected chi connectivity index (χ4v) is 20.2. The average Bonchev–Trinajstić information content (AvgIpc) is 1.52. The third-order valence-corrected chi connectivity index (χ3v) is 25.0. The molecule has 0 amide bonds. The summed E-state index contributed by atoms with van der Waals surface area (Å²) >= 11 is 0. The SMILES string of the molecule is CN(C)CC1CC(=O)C2=C(C1)O[C@@H]1C(=C2)C=C[C@]2(C)[C@@H](c3cccc4cnccc34)CC[C@@H]12.CNCC1CC(=O)C2=C(C1)O[C@@H]1C(=C2)C=C[C@]2(C)[C@@H](c3cccc4cnccc34)CC[C@@H]12.C[C@]12C=CC3=CC4=C(CC(CN)CC4=O)O[C@H]3[C@@H]1CC[C@@H]2c1cccc2cnccc12. The number of Topliss-reactive ketones (excluding diaryl/α,β-unsaturated/α-hetero) is 3. The molecule has 15 atom stereocenters. The Morgan fingerprint density at radius 1 is 0.479 bits per heavy atom. The van der Waals surface area contributed by atoms with Gasteiger partial charge in [-0.3, -0.25) is 29.3 Å². The van der Waals surface area contributed by atoms with Crippen molar-refractivity contribution in [1.82, 2.24) is 25.2 Å². The second kappa shape index (κ2) is 24.7. The number of allylic oxidation sites excluding steroid dienone is 12. The zero-order chi connectivity index (χ0) is 65.8. The van der Waals surface area contributed by atoms with Crippen molar-refractivity contribution in [2.75, 3.05) is 40.8 Å². The van der Waals surface area contributed by atoms with Gasteiger partial charge in [-0.2, -0.15) is 0 Å². The lowest BCUT2D eigenvalue weighted by atomic mass is 9.64. The van der Waals surface area contributed by atoms with E-state index in [1.54, 1.807) is 0 Å². The normalized spacial score (nSPS) is 33.5. The van der Waals surface area contributed by atoms with Gasteiger partial charge in [-0.25, -0.2) is 0 Å². The van der Waals surface area contributed by atoms with Crippen LogP contribution < -0.4 is 11.1 Å². The van der Waals surface area contributed by atoms with Crippen LogP contribution in [-0.4, -0.2) is 96.3 Å². The van der Waals surface area contributed by atoms with Crippen molar-refractivity contribution in [3.8, 4) is 0 Å². The third kappa shape index (κ3) is 10.7. The van der Waals surface area contributed by atoms with Gasteiger partial charge in [0.1, 0.15) is 35.6 Å². The smallest absolute Gasteiger partial charge is 0.166 e. The number of fused-ring (bicyclic) bond motifs is 12. The predicted molar refractivity (Wildman–Crippen MR) is 378 cm³/mol. The van der Waals surface area contributed by atoms with E-state index >= 15 is 0 Å². The van der Waals surface area contributed by atoms with Crippen LogP contribution in [0.3, 0.4) is 0 Å². The van der Waals surface area contributed by atoms with E-state index in [9.17, 15) is 14.4 Å². The number of pyridine rings is 3. The largest absolute Gasteiger partial charge is 0.489 e. The molecule has 9 aliphatic carbocycles. The molecule has 6 heterocycles. The molecule has 12 nitrogen and oxygen atoms in total. The van der Waals surface area contributed by atoms with Crippen LogP contribution in [0.5, 0.6) is 0 Å². The van der Waals surface area contributed by atoms with Gasteiger partial charge in [-0.1, -0.05) is 112 Å². The summed E-state index contributed by atoms with van der Waals surface area (Å²) in [6.45, 7) is 9.53. The van der Waals surface area contributed by atoms with E-state index in [0.717, 1.165) is 110 Å². The molecule has 12 aliphatic rings. The van der Waals surface area contributed by atoms with Crippen LogP contribution in [0.4, 0.5) is 0 Å². The highest BCUT2D eigenvalue weighted by atomic mass is 16.5. The standard InChI is InChI=1S/C29H32N2O2.C28H30N2O2.C27H28N2O2/c1-29-11-9-19-15-23-26(32)13-18(17-31(2)3)14-27(23)33-28(19)25(29)8-7-24(29)22-6-4-5-20-16-30-12-10-21(20)22;1-28-10-8-18-14-22-25(31)12-17(15-29-2)13-26(22)32-27(18)24(28)7-6-23(28)21-5-3-4-19-16-30-11-9-20(19)21;1-27-9-7-17-13-21-24(30)11-16(14-28)12-25(21)31-26(17)23(27)6-5-22(27)20-4-2-3-18-15-29-10-8-19(18)20/h4-6,9-12,15-16,18,24-25,28H,7-8,13-14,17H2,1-3H3;3-5,8-11,14,16-17,23-24,27,29H,6-7,12-13,15H2,1-2H3;2-4,7-10,13,15-16,22-23,26H,5-6,11-12,14,28H2,1H3/t18?,24-,25+,28-,29-;17?,23-,24+,27-,28-;16?,22-,23+,26-,27-/m111/s1. The topological polar surface area (TPSA) is 159 Å². The van der Waals surface area contributed by atoms with Gasteiger partial charge in [0.15, 0.2) is 17.3 Å². The van der Waals surface area contributed by atoms with Crippen LogP contribution in [0.25, 0.3) is 32.3 Å². The summed E-state index contributed by atoms with van der Waals surface area (Å²) in [5.74, 6) is 6.79. The predicted octanol–water partition coefficient (Wildman–Crippen LogP) is 15.3. The summed E-state index contributed by atoms with van der Waals surface area (Å²) in [6.07, 6.45) is 43.1. The van der Waals surface area contributed by atoms with Gasteiger partial charge in [0.05, 0.1) is 16.7 Å². The fraction of sp³-hybridized carbons (Fsp3) is 0.429. The molecule has 12 heteroatoms. The second-order valence-electron chi connectivity index (χ2n) is 30.8. The Labute approximate surface area is 564 Å². The van der Waals surface area contributed by atoms with Crippen molar-refractivity contribution >= 4 is 49.7 Å². The van der Waals surface area contributed by atoms with Crippen LogP contribution in [-0.2, 0) is 28.6 Å². The highest BCUT2D eigenvalue weighted by Crippen LogP contribution is 2.64. The minimum absolute atomic E-state index is 0.0174. The van der Waals surface area contributed by atoms with Gasteiger partial charge in [0.25, 0.3) is 0 Å². The molecule has 0 bridgehead atoms. The number of carbonyl (C=O) groups is 3. The van der Waals surface area contributed by atoms with Crippen LogP contribution in [0, 0.1) is 51.8 Å². The summed E-state index contributed by atoms with van der Waals surface area (Å²) < 4.78 is 20.1. The first-order chi connectivity index (χ1) is 46.6. The van der Waals surface area contributed by atoms with Gasteiger partial charge >= 0.3 is 0 Å². The van der Waals surface area contributed by atoms with Crippen LogP contribution in [0.1, 0.15) is 132 Å². The molecule has 3 unspecified atom stereocenters. The van der Waals surface area contributed by atoms with E-state index in [4.69, 9.17) is 19.9 Å². The van der Waals surface area contributed by atoms with E-state index in [0.29, 0.717) is 73.2 Å². The fourth-order valence-electron chi connectivity index (χ4n) is 20.2. The number of benzene rings is 3. The molecule has 3 fully saturated rings. The van der Waals surface area contributed by atoms with Crippen LogP contribution in [0.15, 0.2) is 215 Å². The molecule has 492 valence electrons. The maximum atomic E-state index is 12.9. The monoisotopic (exact) mass is 1280 g/mol. The number of hydrogen-bond donors (Lipinski definition) is 2. The molecule has 0 saturated heterocycles. The number of ketones is 3. The number of carbonyl (C=O) groups excluding carboxylic acids is 3. The molecular formula is C84H90N6O6. The molecular weight excluding hydrogens is 1190 g/mol. The van der Waals surface area contributed by atoms with Gasteiger partial charge < -0.3 is 30.2 Å². The number of nitrogens with two attached hydrogens (primary N) is 1. The first kappa shape index (κ1) is 62.6. The first-order valence-corrected chi connectivity index (χ1v) is 35.6. The lowest BCUT2D eigenvalue weighted by Crippen LogP contribution is -2.41. The molecule has 18 rings (SSSR count). The molecule has 3 aromatic carbocycles. The van der Waals surface area contributed by atoms with Crippen molar-refractivity contribution < 1.29 is 28.6 Å². The zero-order valence-electron chi connectivity index (χ0n) is 56.4. The Balaban J connectivity index is 0.000000113. The number of nitrogens with zero attached hydrogens (tertiary/aromatic N) is 4. The highest BCUT2D eigenvalue weighted by Gasteiger charge is 2.57. The van der Waals surface area contributed by atoms with Gasteiger partial charge in [0, 0.05) is 116 Å². The Morgan fingerprint density at radius 2 is 0.833 bits per heavy atom. The summed E-state index contributed by atoms with van der Waals surface area (Å²) in [7, 11) is 6.11. The highest BCUT2D eigenvalue weighted by molar-refractivity contribution is 6.01. The number of rotatable bonds is 8. The summed E-state index contributed by atoms with van der Waals surface area (Å²) in [5.41, 5.74) is 16.1. The lowest BCUT2D eigenvalue weighted by molar-refractivity contribution is -0.118. The second-order valence-corrected chi connectivity index (χ2v) is 30.8. The maximum absolute atomic E-state index is 12.9. The number of nitrogens with one attached hydrogen (secondary N) is 1. The molecule has 0 spiro atoms. The molecule has 96 heavy (non-hydrogen) atoms. The Hall–Kier alpha value is -8.16. The van der Waals surface area contributed by atoms with Crippen molar-refractivity contribution in [1.29, 1.82) is 0 Å². The lowest BCUT2D eigenvalue weighted by Gasteiger charge is -2.45. The minimum Gasteiger partial charge on any atom is -0.489 e. The third-order valence-electron chi connectivity index (χ3n) is 25.0.